The molecule has 1 aliphatic rings. The van der Waals surface area contributed by atoms with Gasteiger partial charge in [-0.2, -0.15) is 0 Å². The van der Waals surface area contributed by atoms with Crippen LogP contribution in [0.25, 0.3) is 0 Å². The third-order valence-corrected chi connectivity index (χ3v) is 3.62. The van der Waals surface area contributed by atoms with E-state index in [0.29, 0.717) is 11.7 Å². The van der Waals surface area contributed by atoms with E-state index >= 15 is 0 Å². The van der Waals surface area contributed by atoms with Gasteiger partial charge in [-0.3, -0.25) is 4.72 Å². The molecule has 1 fully saturated rings. The van der Waals surface area contributed by atoms with Crippen molar-refractivity contribution in [3.05, 3.63) is 24.3 Å². The SMILES string of the molecule is CS(=O)(=O)Nc1ccccc1NC1CCCOCC1. The molecule has 0 saturated carbocycles. The normalized spacial score (nSPS) is 20.6. The van der Waals surface area contributed by atoms with E-state index in [4.69, 9.17) is 4.74 Å². The molecule has 0 amide bonds. The molecule has 0 bridgehead atoms. The molecule has 0 aliphatic carbocycles. The van der Waals surface area contributed by atoms with Gasteiger partial charge in [0.25, 0.3) is 0 Å². The van der Waals surface area contributed by atoms with Gasteiger partial charge in [0.05, 0.1) is 17.6 Å². The summed E-state index contributed by atoms with van der Waals surface area (Å²) in [5.41, 5.74) is 1.41. The number of benzene rings is 1. The lowest BCUT2D eigenvalue weighted by Gasteiger charge is -2.19. The maximum Gasteiger partial charge on any atom is 0.229 e. The zero-order valence-corrected chi connectivity index (χ0v) is 11.9. The van der Waals surface area contributed by atoms with Gasteiger partial charge in [0.1, 0.15) is 0 Å². The van der Waals surface area contributed by atoms with Crippen molar-refractivity contribution >= 4 is 21.4 Å². The molecule has 1 aromatic rings. The summed E-state index contributed by atoms with van der Waals surface area (Å²) in [4.78, 5) is 0. The Hall–Kier alpha value is -1.27. The molecule has 6 heteroatoms. The second kappa shape index (κ2) is 6.25. The minimum Gasteiger partial charge on any atom is -0.381 e. The standard InChI is InChI=1S/C13H20N2O3S/c1-19(16,17)15-13-7-3-2-6-12(13)14-11-5-4-9-18-10-8-11/h2-3,6-7,11,14-15H,4-5,8-10H2,1H3. The Morgan fingerprint density at radius 3 is 2.63 bits per heavy atom. The molecular weight excluding hydrogens is 264 g/mol. The van der Waals surface area contributed by atoms with E-state index in [2.05, 4.69) is 10.0 Å². The van der Waals surface area contributed by atoms with Gasteiger partial charge in [0, 0.05) is 19.3 Å². The van der Waals surface area contributed by atoms with Crippen molar-refractivity contribution in [2.75, 3.05) is 29.5 Å². The molecule has 2 N–H and O–H groups in total. The summed E-state index contributed by atoms with van der Waals surface area (Å²) >= 11 is 0. The lowest BCUT2D eigenvalue weighted by atomic mass is 10.1. The maximum absolute atomic E-state index is 11.3. The topological polar surface area (TPSA) is 67.4 Å². The minimum atomic E-state index is -3.26. The van der Waals surface area contributed by atoms with Crippen LogP contribution in [0.4, 0.5) is 11.4 Å². The zero-order chi connectivity index (χ0) is 13.7. The molecule has 1 atom stereocenters. The van der Waals surface area contributed by atoms with E-state index in [1.165, 1.54) is 0 Å². The van der Waals surface area contributed by atoms with E-state index in [0.717, 1.165) is 44.4 Å². The summed E-state index contributed by atoms with van der Waals surface area (Å²) in [6, 6.07) is 7.68. The van der Waals surface area contributed by atoms with Crippen LogP contribution in [0, 0.1) is 0 Å². The highest BCUT2D eigenvalue weighted by Crippen LogP contribution is 2.24. The van der Waals surface area contributed by atoms with E-state index < -0.39 is 10.0 Å². The average molecular weight is 284 g/mol. The lowest BCUT2D eigenvalue weighted by Crippen LogP contribution is -2.21. The number of sulfonamides is 1. The molecule has 1 unspecified atom stereocenters. The van der Waals surface area contributed by atoms with Crippen molar-refractivity contribution < 1.29 is 13.2 Å². The largest absolute Gasteiger partial charge is 0.381 e. The van der Waals surface area contributed by atoms with Gasteiger partial charge in [-0.15, -0.1) is 0 Å². The summed E-state index contributed by atoms with van der Waals surface area (Å²) in [5, 5.41) is 3.41. The Kier molecular flexibility index (Phi) is 4.66. The Labute approximate surface area is 114 Å². The molecule has 0 aromatic heterocycles. The summed E-state index contributed by atoms with van der Waals surface area (Å²) < 4.78 is 30.6. The second-order valence-electron chi connectivity index (χ2n) is 4.80. The highest BCUT2D eigenvalue weighted by Gasteiger charge is 2.14. The molecule has 1 aliphatic heterocycles. The van der Waals surface area contributed by atoms with Gasteiger partial charge < -0.3 is 10.1 Å². The number of nitrogens with one attached hydrogen (secondary N) is 2. The van der Waals surface area contributed by atoms with Gasteiger partial charge >= 0.3 is 0 Å². The first-order valence-electron chi connectivity index (χ1n) is 6.46. The third kappa shape index (κ3) is 4.72. The fourth-order valence-corrected chi connectivity index (χ4v) is 2.74. The number of ether oxygens (including phenoxy) is 1. The minimum absolute atomic E-state index is 0.324. The van der Waals surface area contributed by atoms with Crippen molar-refractivity contribution in [1.29, 1.82) is 0 Å². The van der Waals surface area contributed by atoms with Gasteiger partial charge in [-0.05, 0) is 31.4 Å². The van der Waals surface area contributed by atoms with Crippen LogP contribution in [0.15, 0.2) is 24.3 Å². The predicted molar refractivity (Wildman–Crippen MR) is 77.0 cm³/mol. The molecule has 1 saturated heterocycles. The van der Waals surface area contributed by atoms with Crippen LogP contribution in [0.5, 0.6) is 0 Å². The van der Waals surface area contributed by atoms with Crippen LogP contribution >= 0.6 is 0 Å². The van der Waals surface area contributed by atoms with Crippen LogP contribution in [0.3, 0.4) is 0 Å². The molecule has 1 aromatic carbocycles. The molecule has 1 heterocycles. The molecule has 0 radical (unpaired) electrons. The maximum atomic E-state index is 11.3. The molecule has 19 heavy (non-hydrogen) atoms. The molecular formula is C13H20N2O3S. The predicted octanol–water partition coefficient (Wildman–Crippen LogP) is 2.04. The highest BCUT2D eigenvalue weighted by atomic mass is 32.2. The van der Waals surface area contributed by atoms with Crippen molar-refractivity contribution in [2.45, 2.75) is 25.3 Å². The number of hydrogen-bond acceptors (Lipinski definition) is 4. The highest BCUT2D eigenvalue weighted by molar-refractivity contribution is 7.92. The van der Waals surface area contributed by atoms with Crippen molar-refractivity contribution in [2.24, 2.45) is 0 Å². The van der Waals surface area contributed by atoms with E-state index in [1.54, 1.807) is 6.07 Å². The van der Waals surface area contributed by atoms with Crippen LogP contribution in [-0.2, 0) is 14.8 Å². The van der Waals surface area contributed by atoms with Crippen LogP contribution in [0.2, 0.25) is 0 Å². The molecule has 0 spiro atoms. The smallest absolute Gasteiger partial charge is 0.229 e. The average Bonchev–Trinajstić information content (AvgIpc) is 2.58. The quantitative estimate of drug-likeness (QED) is 0.888. The van der Waals surface area contributed by atoms with Crippen LogP contribution in [-0.4, -0.2) is 33.9 Å². The van der Waals surface area contributed by atoms with Gasteiger partial charge in [-0.1, -0.05) is 12.1 Å². The number of para-hydroxylation sites is 2. The van der Waals surface area contributed by atoms with Crippen LogP contribution < -0.4 is 10.0 Å². The molecule has 2 rings (SSSR count). The number of rotatable bonds is 4. The van der Waals surface area contributed by atoms with E-state index in [-0.39, 0.29) is 0 Å². The summed E-state index contributed by atoms with van der Waals surface area (Å²) in [5.74, 6) is 0. The molecule has 5 nitrogen and oxygen atoms in total. The Balaban J connectivity index is 2.10. The third-order valence-electron chi connectivity index (χ3n) is 3.03. The zero-order valence-electron chi connectivity index (χ0n) is 11.1. The summed E-state index contributed by atoms with van der Waals surface area (Å²) in [6.45, 7) is 1.56. The number of hydrogen-bond donors (Lipinski definition) is 2. The monoisotopic (exact) mass is 284 g/mol. The number of anilines is 2. The summed E-state index contributed by atoms with van der Waals surface area (Å²) in [7, 11) is -3.26. The van der Waals surface area contributed by atoms with Crippen molar-refractivity contribution in [3.8, 4) is 0 Å². The second-order valence-corrected chi connectivity index (χ2v) is 6.55. The van der Waals surface area contributed by atoms with Gasteiger partial charge in [-0.25, -0.2) is 8.42 Å². The van der Waals surface area contributed by atoms with Crippen molar-refractivity contribution in [1.82, 2.24) is 0 Å². The Morgan fingerprint density at radius 1 is 1.16 bits per heavy atom. The van der Waals surface area contributed by atoms with Gasteiger partial charge in [0.15, 0.2) is 0 Å². The Bertz CT molecular complexity index is 508. The first-order chi connectivity index (χ1) is 9.04. The summed E-state index contributed by atoms with van der Waals surface area (Å²) in [6.07, 6.45) is 4.16. The Morgan fingerprint density at radius 2 is 1.89 bits per heavy atom. The fourth-order valence-electron chi connectivity index (χ4n) is 2.17. The van der Waals surface area contributed by atoms with Crippen molar-refractivity contribution in [3.63, 3.8) is 0 Å². The lowest BCUT2D eigenvalue weighted by molar-refractivity contribution is 0.144. The molecule has 106 valence electrons. The first-order valence-corrected chi connectivity index (χ1v) is 8.35. The first kappa shape index (κ1) is 14.1. The van der Waals surface area contributed by atoms with E-state index in [1.807, 2.05) is 18.2 Å². The van der Waals surface area contributed by atoms with Crippen LogP contribution in [0.1, 0.15) is 19.3 Å². The fraction of sp³-hybridized carbons (Fsp3) is 0.538. The van der Waals surface area contributed by atoms with E-state index in [9.17, 15) is 8.42 Å². The van der Waals surface area contributed by atoms with Gasteiger partial charge in [0.2, 0.25) is 10.0 Å².